The van der Waals surface area contributed by atoms with E-state index in [0.717, 1.165) is 11.8 Å². The summed E-state index contributed by atoms with van der Waals surface area (Å²) in [4.78, 5) is 21.9. The molecule has 2 aliphatic rings. The topological polar surface area (TPSA) is 98.7 Å². The lowest BCUT2D eigenvalue weighted by molar-refractivity contribution is -0.146. The predicted molar refractivity (Wildman–Crippen MR) is 68.6 cm³/mol. The number of urea groups is 1. The zero-order chi connectivity index (χ0) is 13.8. The summed E-state index contributed by atoms with van der Waals surface area (Å²) in [5.41, 5.74) is 0. The van der Waals surface area contributed by atoms with Gasteiger partial charge in [0.05, 0.1) is 0 Å². The molecule has 4 N–H and O–H groups in total. The van der Waals surface area contributed by atoms with Crippen LogP contribution in [0, 0.1) is 17.8 Å². The van der Waals surface area contributed by atoms with Crippen LogP contribution in [0.4, 0.5) is 4.79 Å². The monoisotopic (exact) mass is 270 g/mol. The molecule has 0 radical (unpaired) electrons. The van der Waals surface area contributed by atoms with Gasteiger partial charge in [-0.1, -0.05) is 0 Å². The molecule has 1 atom stereocenters. The Labute approximate surface area is 112 Å². The first-order valence-electron chi connectivity index (χ1n) is 7.00. The number of hydrogen-bond donors (Lipinski definition) is 4. The quantitative estimate of drug-likeness (QED) is 0.518. The van der Waals surface area contributed by atoms with Gasteiger partial charge in [-0.3, -0.25) is 0 Å². The Bertz CT molecular complexity index is 328. The van der Waals surface area contributed by atoms with Crippen molar-refractivity contribution in [2.24, 2.45) is 17.8 Å². The number of aliphatic carboxylic acids is 1. The van der Waals surface area contributed by atoms with Crippen LogP contribution in [0.15, 0.2) is 0 Å². The third kappa shape index (κ3) is 4.70. The number of carbonyl (C=O) groups excluding carboxylic acids is 1. The molecule has 2 fully saturated rings. The average molecular weight is 270 g/mol. The highest BCUT2D eigenvalue weighted by molar-refractivity contribution is 5.74. The van der Waals surface area contributed by atoms with Gasteiger partial charge in [0.2, 0.25) is 0 Å². The van der Waals surface area contributed by atoms with Crippen molar-refractivity contribution in [2.45, 2.75) is 38.2 Å². The molecule has 19 heavy (non-hydrogen) atoms. The summed E-state index contributed by atoms with van der Waals surface area (Å²) in [5, 5.41) is 22.9. The van der Waals surface area contributed by atoms with Crippen molar-refractivity contribution in [3.63, 3.8) is 0 Å². The molecule has 1 unspecified atom stereocenters. The van der Waals surface area contributed by atoms with Gasteiger partial charge in [-0.15, -0.1) is 0 Å². The van der Waals surface area contributed by atoms with Crippen LogP contribution in [-0.4, -0.2) is 41.4 Å². The van der Waals surface area contributed by atoms with E-state index in [1.165, 1.54) is 25.7 Å². The number of carbonyl (C=O) groups is 2. The molecule has 2 saturated carbocycles. The summed E-state index contributed by atoms with van der Waals surface area (Å²) >= 11 is 0. The molecule has 2 amide bonds. The number of carboxylic acids is 1. The van der Waals surface area contributed by atoms with Crippen molar-refractivity contribution >= 4 is 12.0 Å². The SMILES string of the molecule is O=C(NCCC(O)C(=O)O)NCC(C1CC1)C1CC1. The van der Waals surface area contributed by atoms with Crippen LogP contribution in [0.25, 0.3) is 0 Å². The van der Waals surface area contributed by atoms with E-state index in [-0.39, 0.29) is 19.0 Å². The van der Waals surface area contributed by atoms with Crippen LogP contribution in [0.3, 0.4) is 0 Å². The minimum absolute atomic E-state index is 0.0252. The largest absolute Gasteiger partial charge is 0.479 e. The second-order valence-electron chi connectivity index (χ2n) is 5.62. The highest BCUT2D eigenvalue weighted by Crippen LogP contribution is 2.48. The number of hydrogen-bond acceptors (Lipinski definition) is 3. The zero-order valence-electron chi connectivity index (χ0n) is 11.0. The molecule has 0 spiro atoms. The molecule has 0 aromatic rings. The van der Waals surface area contributed by atoms with Crippen molar-refractivity contribution < 1.29 is 19.8 Å². The number of amides is 2. The maximum atomic E-state index is 11.5. The maximum Gasteiger partial charge on any atom is 0.332 e. The molecule has 0 heterocycles. The van der Waals surface area contributed by atoms with Gasteiger partial charge in [-0.25, -0.2) is 9.59 Å². The fourth-order valence-electron chi connectivity index (χ4n) is 2.49. The molecule has 0 aromatic heterocycles. The minimum atomic E-state index is -1.41. The average Bonchev–Trinajstić information content (AvgIpc) is 3.22. The van der Waals surface area contributed by atoms with E-state index in [4.69, 9.17) is 10.2 Å². The highest BCUT2D eigenvalue weighted by Gasteiger charge is 2.41. The second-order valence-corrected chi connectivity index (χ2v) is 5.62. The van der Waals surface area contributed by atoms with Gasteiger partial charge in [0.15, 0.2) is 6.10 Å². The van der Waals surface area contributed by atoms with Gasteiger partial charge in [0, 0.05) is 19.5 Å². The number of aliphatic hydroxyl groups is 1. The third-order valence-electron chi connectivity index (χ3n) is 3.94. The van der Waals surface area contributed by atoms with E-state index >= 15 is 0 Å². The van der Waals surface area contributed by atoms with E-state index in [0.29, 0.717) is 12.5 Å². The summed E-state index contributed by atoms with van der Waals surface area (Å²) in [6, 6.07) is -0.274. The molecule has 6 heteroatoms. The van der Waals surface area contributed by atoms with Crippen molar-refractivity contribution in [3.8, 4) is 0 Å². The first-order chi connectivity index (χ1) is 9.08. The summed E-state index contributed by atoms with van der Waals surface area (Å²) in [6.07, 6.45) is 3.76. The summed E-state index contributed by atoms with van der Waals surface area (Å²) in [7, 11) is 0. The van der Waals surface area contributed by atoms with E-state index in [1.54, 1.807) is 0 Å². The third-order valence-corrected chi connectivity index (χ3v) is 3.94. The van der Waals surface area contributed by atoms with Gasteiger partial charge >= 0.3 is 12.0 Å². The van der Waals surface area contributed by atoms with Gasteiger partial charge in [0.1, 0.15) is 0 Å². The lowest BCUT2D eigenvalue weighted by Gasteiger charge is -2.16. The number of nitrogens with one attached hydrogen (secondary N) is 2. The Morgan fingerprint density at radius 3 is 2.16 bits per heavy atom. The number of rotatable bonds is 8. The standard InChI is InChI=1S/C13H22N2O4/c16-11(12(17)18)5-6-14-13(19)15-7-10(8-1-2-8)9-3-4-9/h8-11,16H,1-7H2,(H,17,18)(H2,14,15,19). The smallest absolute Gasteiger partial charge is 0.332 e. The van der Waals surface area contributed by atoms with Gasteiger partial charge in [-0.05, 0) is 43.4 Å². The Hall–Kier alpha value is -1.30. The molecule has 0 saturated heterocycles. The van der Waals surface area contributed by atoms with Crippen LogP contribution < -0.4 is 10.6 Å². The molecule has 0 aliphatic heterocycles. The molecule has 2 aliphatic carbocycles. The van der Waals surface area contributed by atoms with Crippen molar-refractivity contribution in [1.82, 2.24) is 10.6 Å². The second kappa shape index (κ2) is 6.23. The van der Waals surface area contributed by atoms with Gasteiger partial charge in [-0.2, -0.15) is 0 Å². The van der Waals surface area contributed by atoms with Gasteiger partial charge < -0.3 is 20.8 Å². The first-order valence-corrected chi connectivity index (χ1v) is 7.00. The first kappa shape index (κ1) is 14.1. The van der Waals surface area contributed by atoms with Crippen molar-refractivity contribution in [3.05, 3.63) is 0 Å². The van der Waals surface area contributed by atoms with E-state index in [2.05, 4.69) is 10.6 Å². The molecule has 0 bridgehead atoms. The molecule has 6 nitrogen and oxygen atoms in total. The van der Waals surface area contributed by atoms with Crippen LogP contribution in [0.5, 0.6) is 0 Å². The van der Waals surface area contributed by atoms with Crippen LogP contribution >= 0.6 is 0 Å². The Balaban J connectivity index is 1.57. The highest BCUT2D eigenvalue weighted by atomic mass is 16.4. The number of aliphatic hydroxyl groups excluding tert-OH is 1. The summed E-state index contributed by atoms with van der Waals surface area (Å²) in [6.45, 7) is 0.874. The Kier molecular flexibility index (Phi) is 4.63. The maximum absolute atomic E-state index is 11.5. The van der Waals surface area contributed by atoms with Crippen LogP contribution in [0.2, 0.25) is 0 Å². The van der Waals surface area contributed by atoms with Crippen molar-refractivity contribution in [1.29, 1.82) is 0 Å². The lowest BCUT2D eigenvalue weighted by Crippen LogP contribution is -2.40. The fraction of sp³-hybridized carbons (Fsp3) is 0.846. The van der Waals surface area contributed by atoms with Crippen LogP contribution in [0.1, 0.15) is 32.1 Å². The van der Waals surface area contributed by atoms with E-state index in [9.17, 15) is 9.59 Å². The fourth-order valence-corrected chi connectivity index (χ4v) is 2.49. The molecule has 108 valence electrons. The van der Waals surface area contributed by atoms with E-state index < -0.39 is 12.1 Å². The molecular formula is C13H22N2O4. The Morgan fingerprint density at radius 1 is 1.11 bits per heavy atom. The van der Waals surface area contributed by atoms with Crippen molar-refractivity contribution in [2.75, 3.05) is 13.1 Å². The molecular weight excluding hydrogens is 248 g/mol. The molecule has 2 rings (SSSR count). The summed E-state index contributed by atoms with van der Waals surface area (Å²) < 4.78 is 0. The molecule has 0 aromatic carbocycles. The van der Waals surface area contributed by atoms with Crippen LogP contribution in [-0.2, 0) is 4.79 Å². The Morgan fingerprint density at radius 2 is 1.68 bits per heavy atom. The summed E-state index contributed by atoms with van der Waals surface area (Å²) in [5.74, 6) is 0.948. The minimum Gasteiger partial charge on any atom is -0.479 e. The lowest BCUT2D eigenvalue weighted by atomic mass is 9.98. The predicted octanol–water partition coefficient (Wildman–Crippen LogP) is 0.557. The number of carboxylic acid groups (broad SMARTS) is 1. The zero-order valence-corrected chi connectivity index (χ0v) is 11.0. The van der Waals surface area contributed by atoms with Gasteiger partial charge in [0.25, 0.3) is 0 Å². The normalized spacial score (nSPS) is 20.1. The van der Waals surface area contributed by atoms with E-state index in [1.807, 2.05) is 0 Å².